The highest BCUT2D eigenvalue weighted by Crippen LogP contribution is 2.22. The van der Waals surface area contributed by atoms with Gasteiger partial charge in [-0.15, -0.1) is 0 Å². The Hall–Kier alpha value is -1.07. The van der Waals surface area contributed by atoms with Crippen LogP contribution in [-0.2, 0) is 0 Å². The van der Waals surface area contributed by atoms with Gasteiger partial charge in [-0.25, -0.2) is 4.79 Å². The zero-order valence-corrected chi connectivity index (χ0v) is 11.9. The van der Waals surface area contributed by atoms with Gasteiger partial charge < -0.3 is 15.3 Å². The third-order valence-electron chi connectivity index (χ3n) is 3.28. The van der Waals surface area contributed by atoms with Gasteiger partial charge in [0.2, 0.25) is 0 Å². The van der Waals surface area contributed by atoms with Crippen molar-refractivity contribution < 1.29 is 9.90 Å². The minimum atomic E-state index is -0.901. The largest absolute Gasteiger partial charge is 0.478 e. The molecular weight excluding hydrogens is 296 g/mol. The van der Waals surface area contributed by atoms with Crippen molar-refractivity contribution in [3.8, 4) is 0 Å². The van der Waals surface area contributed by atoms with Crippen molar-refractivity contribution in [1.82, 2.24) is 4.90 Å². The molecule has 18 heavy (non-hydrogen) atoms. The maximum Gasteiger partial charge on any atom is 0.337 e. The summed E-state index contributed by atoms with van der Waals surface area (Å²) < 4.78 is 0.783. The molecule has 0 aliphatic carbocycles. The molecule has 1 fully saturated rings. The summed E-state index contributed by atoms with van der Waals surface area (Å²) in [5, 5.41) is 12.4. The van der Waals surface area contributed by atoms with E-state index in [0.29, 0.717) is 17.2 Å². The van der Waals surface area contributed by atoms with E-state index in [2.05, 4.69) is 33.2 Å². The zero-order chi connectivity index (χ0) is 13.1. The number of likely N-dealkylation sites (tertiary alicyclic amines) is 1. The number of halogens is 1. The lowest BCUT2D eigenvalue weighted by Crippen LogP contribution is -2.20. The predicted molar refractivity (Wildman–Crippen MR) is 75.2 cm³/mol. The molecule has 1 aliphatic rings. The lowest BCUT2D eigenvalue weighted by atomic mass is 10.1. The Labute approximate surface area is 115 Å². The van der Waals surface area contributed by atoms with Crippen LogP contribution in [0.1, 0.15) is 16.8 Å². The molecule has 1 aliphatic heterocycles. The molecule has 5 heteroatoms. The van der Waals surface area contributed by atoms with Crippen LogP contribution in [0, 0.1) is 5.92 Å². The SMILES string of the molecule is CN1CCC(CNc2ccc(Br)cc2C(=O)O)C1. The molecule has 0 bridgehead atoms. The summed E-state index contributed by atoms with van der Waals surface area (Å²) in [5.41, 5.74) is 1.01. The van der Waals surface area contributed by atoms with E-state index in [1.54, 1.807) is 6.07 Å². The van der Waals surface area contributed by atoms with Gasteiger partial charge in [0.25, 0.3) is 0 Å². The number of aromatic carboxylic acids is 1. The molecule has 1 unspecified atom stereocenters. The minimum absolute atomic E-state index is 0.315. The fourth-order valence-corrected chi connectivity index (χ4v) is 2.66. The van der Waals surface area contributed by atoms with Gasteiger partial charge in [0, 0.05) is 23.2 Å². The van der Waals surface area contributed by atoms with E-state index in [1.807, 2.05) is 12.1 Å². The number of nitrogens with zero attached hydrogens (tertiary/aromatic N) is 1. The van der Waals surface area contributed by atoms with Crippen LogP contribution in [0.5, 0.6) is 0 Å². The summed E-state index contributed by atoms with van der Waals surface area (Å²) in [7, 11) is 2.11. The highest BCUT2D eigenvalue weighted by molar-refractivity contribution is 9.10. The van der Waals surface area contributed by atoms with E-state index in [-0.39, 0.29) is 0 Å². The number of carbonyl (C=O) groups is 1. The highest BCUT2D eigenvalue weighted by Gasteiger charge is 2.19. The number of carboxylic acids is 1. The van der Waals surface area contributed by atoms with E-state index in [0.717, 1.165) is 24.1 Å². The van der Waals surface area contributed by atoms with Gasteiger partial charge in [-0.3, -0.25) is 0 Å². The number of anilines is 1. The summed E-state index contributed by atoms with van der Waals surface area (Å²) in [6.45, 7) is 3.02. The summed E-state index contributed by atoms with van der Waals surface area (Å²) in [6, 6.07) is 5.30. The molecule has 2 N–H and O–H groups in total. The number of hydrogen-bond donors (Lipinski definition) is 2. The van der Waals surface area contributed by atoms with Crippen LogP contribution < -0.4 is 5.32 Å². The predicted octanol–water partition coefficient (Wildman–Crippen LogP) is 2.51. The van der Waals surface area contributed by atoms with E-state index in [1.165, 1.54) is 6.42 Å². The van der Waals surface area contributed by atoms with Crippen molar-refractivity contribution in [1.29, 1.82) is 0 Å². The summed E-state index contributed by atoms with van der Waals surface area (Å²) in [6.07, 6.45) is 1.17. The Balaban J connectivity index is 2.02. The number of rotatable bonds is 4. The Bertz CT molecular complexity index is 451. The fraction of sp³-hybridized carbons (Fsp3) is 0.462. The molecule has 0 spiro atoms. The van der Waals surface area contributed by atoms with Crippen molar-refractivity contribution in [3.05, 3.63) is 28.2 Å². The van der Waals surface area contributed by atoms with Gasteiger partial charge in [0.15, 0.2) is 0 Å². The second-order valence-corrected chi connectivity index (χ2v) is 5.71. The molecule has 1 atom stereocenters. The lowest BCUT2D eigenvalue weighted by Gasteiger charge is -2.14. The number of hydrogen-bond acceptors (Lipinski definition) is 3. The quantitative estimate of drug-likeness (QED) is 0.897. The standard InChI is InChI=1S/C13H17BrN2O2/c1-16-5-4-9(8-16)7-15-12-3-2-10(14)6-11(12)13(17)18/h2-3,6,9,15H,4-5,7-8H2,1H3,(H,17,18). The zero-order valence-electron chi connectivity index (χ0n) is 10.3. The number of nitrogens with one attached hydrogen (secondary N) is 1. The number of carboxylic acid groups (broad SMARTS) is 1. The second kappa shape index (κ2) is 5.71. The van der Waals surface area contributed by atoms with Gasteiger partial charge in [-0.1, -0.05) is 15.9 Å². The van der Waals surface area contributed by atoms with Crippen molar-refractivity contribution in [2.45, 2.75) is 6.42 Å². The second-order valence-electron chi connectivity index (χ2n) is 4.79. The monoisotopic (exact) mass is 312 g/mol. The van der Waals surface area contributed by atoms with E-state index in [4.69, 9.17) is 5.11 Å². The van der Waals surface area contributed by atoms with Crippen LogP contribution in [0.15, 0.2) is 22.7 Å². The molecular formula is C13H17BrN2O2. The Morgan fingerprint density at radius 2 is 2.39 bits per heavy atom. The maximum absolute atomic E-state index is 11.2. The van der Waals surface area contributed by atoms with Crippen LogP contribution >= 0.6 is 15.9 Å². The summed E-state index contributed by atoms with van der Waals surface area (Å²) in [4.78, 5) is 13.5. The highest BCUT2D eigenvalue weighted by atomic mass is 79.9. The first kappa shape index (κ1) is 13.4. The molecule has 1 aromatic carbocycles. The maximum atomic E-state index is 11.2. The average Bonchev–Trinajstić information content (AvgIpc) is 2.73. The Morgan fingerprint density at radius 1 is 1.61 bits per heavy atom. The molecule has 0 radical (unpaired) electrons. The topological polar surface area (TPSA) is 52.6 Å². The molecule has 2 rings (SSSR count). The third kappa shape index (κ3) is 3.23. The van der Waals surface area contributed by atoms with Gasteiger partial charge in [0.05, 0.1) is 5.56 Å². The Kier molecular flexibility index (Phi) is 4.24. The first-order chi connectivity index (χ1) is 8.56. The Morgan fingerprint density at radius 3 is 3.00 bits per heavy atom. The molecule has 0 saturated carbocycles. The van der Waals surface area contributed by atoms with Crippen LogP contribution in [0.25, 0.3) is 0 Å². The van der Waals surface area contributed by atoms with Crippen LogP contribution in [0.2, 0.25) is 0 Å². The summed E-state index contributed by atoms with van der Waals surface area (Å²) in [5.74, 6) is -0.303. The van der Waals surface area contributed by atoms with Crippen LogP contribution in [-0.4, -0.2) is 42.7 Å². The molecule has 1 aromatic rings. The lowest BCUT2D eigenvalue weighted by molar-refractivity contribution is 0.0698. The molecule has 1 saturated heterocycles. The average molecular weight is 313 g/mol. The van der Waals surface area contributed by atoms with Gasteiger partial charge in [-0.05, 0) is 44.1 Å². The van der Waals surface area contributed by atoms with Crippen LogP contribution in [0.3, 0.4) is 0 Å². The molecule has 0 amide bonds. The van der Waals surface area contributed by atoms with Crippen molar-refractivity contribution in [2.24, 2.45) is 5.92 Å². The van der Waals surface area contributed by atoms with E-state index < -0.39 is 5.97 Å². The van der Waals surface area contributed by atoms with Crippen molar-refractivity contribution >= 4 is 27.6 Å². The van der Waals surface area contributed by atoms with Crippen molar-refractivity contribution in [2.75, 3.05) is 32.0 Å². The first-order valence-electron chi connectivity index (χ1n) is 6.01. The molecule has 4 nitrogen and oxygen atoms in total. The molecule has 0 aromatic heterocycles. The van der Waals surface area contributed by atoms with E-state index in [9.17, 15) is 4.79 Å². The minimum Gasteiger partial charge on any atom is -0.478 e. The smallest absolute Gasteiger partial charge is 0.337 e. The van der Waals surface area contributed by atoms with Crippen molar-refractivity contribution in [3.63, 3.8) is 0 Å². The van der Waals surface area contributed by atoms with Crippen LogP contribution in [0.4, 0.5) is 5.69 Å². The van der Waals surface area contributed by atoms with Gasteiger partial charge >= 0.3 is 5.97 Å². The first-order valence-corrected chi connectivity index (χ1v) is 6.81. The van der Waals surface area contributed by atoms with Gasteiger partial charge in [0.1, 0.15) is 0 Å². The normalized spacial score (nSPS) is 20.0. The van der Waals surface area contributed by atoms with E-state index >= 15 is 0 Å². The molecule has 1 heterocycles. The van der Waals surface area contributed by atoms with Gasteiger partial charge in [-0.2, -0.15) is 0 Å². The third-order valence-corrected chi connectivity index (χ3v) is 3.78. The molecule has 98 valence electrons. The summed E-state index contributed by atoms with van der Waals surface area (Å²) >= 11 is 3.29. The fourth-order valence-electron chi connectivity index (χ4n) is 2.29. The number of benzene rings is 1.